The SMILES string of the molecule is C1=CC(c2cnc(N3CCOCC3)o2)=CCC1. The molecule has 1 aromatic rings. The van der Waals surface area contributed by atoms with Crippen molar-refractivity contribution in [2.45, 2.75) is 12.8 Å². The largest absolute Gasteiger partial charge is 0.423 e. The first-order valence-corrected chi connectivity index (χ1v) is 6.09. The maximum atomic E-state index is 5.80. The Morgan fingerprint density at radius 1 is 1.18 bits per heavy atom. The molecule has 0 aromatic carbocycles. The van der Waals surface area contributed by atoms with Crippen LogP contribution in [0.3, 0.4) is 0 Å². The fourth-order valence-corrected chi connectivity index (χ4v) is 2.10. The quantitative estimate of drug-likeness (QED) is 0.784. The van der Waals surface area contributed by atoms with E-state index in [-0.39, 0.29) is 0 Å². The van der Waals surface area contributed by atoms with Crippen molar-refractivity contribution >= 4 is 11.6 Å². The molecule has 0 unspecified atom stereocenters. The lowest BCUT2D eigenvalue weighted by atomic mass is 10.1. The van der Waals surface area contributed by atoms with Crippen molar-refractivity contribution in [2.75, 3.05) is 31.2 Å². The molecule has 3 rings (SSSR count). The highest BCUT2D eigenvalue weighted by molar-refractivity contribution is 5.71. The zero-order valence-electron chi connectivity index (χ0n) is 9.76. The second kappa shape index (κ2) is 4.75. The first kappa shape index (κ1) is 10.6. The van der Waals surface area contributed by atoms with Gasteiger partial charge >= 0.3 is 0 Å². The van der Waals surface area contributed by atoms with Gasteiger partial charge in [-0.1, -0.05) is 18.2 Å². The minimum atomic E-state index is 0.711. The van der Waals surface area contributed by atoms with Gasteiger partial charge in [-0.15, -0.1) is 0 Å². The fourth-order valence-electron chi connectivity index (χ4n) is 2.10. The lowest BCUT2D eigenvalue weighted by Gasteiger charge is -2.24. The average molecular weight is 232 g/mol. The topological polar surface area (TPSA) is 38.5 Å². The minimum Gasteiger partial charge on any atom is -0.423 e. The third-order valence-corrected chi connectivity index (χ3v) is 3.05. The summed E-state index contributed by atoms with van der Waals surface area (Å²) < 4.78 is 11.1. The van der Waals surface area contributed by atoms with E-state index in [1.807, 2.05) is 6.20 Å². The van der Waals surface area contributed by atoms with E-state index in [4.69, 9.17) is 9.15 Å². The Balaban J connectivity index is 1.77. The zero-order valence-corrected chi connectivity index (χ0v) is 9.76. The Labute approximate surface area is 101 Å². The molecule has 4 nitrogen and oxygen atoms in total. The molecule has 1 aliphatic carbocycles. The molecule has 2 aliphatic rings. The number of morpholine rings is 1. The molecule has 1 aliphatic heterocycles. The summed E-state index contributed by atoms with van der Waals surface area (Å²) in [5.41, 5.74) is 1.14. The molecule has 0 spiro atoms. The van der Waals surface area contributed by atoms with Crippen LogP contribution in [-0.4, -0.2) is 31.3 Å². The highest BCUT2D eigenvalue weighted by Crippen LogP contribution is 2.25. The average Bonchev–Trinajstić information content (AvgIpc) is 2.90. The van der Waals surface area contributed by atoms with Crippen LogP contribution in [0.5, 0.6) is 0 Å². The molecule has 0 saturated carbocycles. The summed E-state index contributed by atoms with van der Waals surface area (Å²) in [6, 6.07) is 0.711. The van der Waals surface area contributed by atoms with Gasteiger partial charge in [-0.05, 0) is 12.8 Å². The summed E-state index contributed by atoms with van der Waals surface area (Å²) in [6.45, 7) is 3.21. The van der Waals surface area contributed by atoms with Crippen LogP contribution in [0.2, 0.25) is 0 Å². The molecule has 90 valence electrons. The summed E-state index contributed by atoms with van der Waals surface area (Å²) >= 11 is 0. The fraction of sp³-hybridized carbons (Fsp3) is 0.462. The first-order chi connectivity index (χ1) is 8.43. The highest BCUT2D eigenvalue weighted by Gasteiger charge is 2.17. The van der Waals surface area contributed by atoms with Crippen LogP contribution in [0, 0.1) is 0 Å². The molecular formula is C13H16N2O2. The van der Waals surface area contributed by atoms with E-state index in [9.17, 15) is 0 Å². The number of ether oxygens (including phenoxy) is 1. The van der Waals surface area contributed by atoms with Gasteiger partial charge in [0.15, 0.2) is 5.76 Å². The van der Waals surface area contributed by atoms with E-state index in [0.717, 1.165) is 50.5 Å². The third-order valence-electron chi connectivity index (χ3n) is 3.05. The van der Waals surface area contributed by atoms with Gasteiger partial charge in [-0.25, -0.2) is 4.98 Å². The summed E-state index contributed by atoms with van der Waals surface area (Å²) in [5, 5.41) is 0. The standard InChI is InChI=1S/C13H16N2O2/c1-2-4-11(5-3-1)12-10-14-13(17-12)15-6-8-16-9-7-15/h2,4-5,10H,1,3,6-9H2. The molecule has 1 fully saturated rings. The van der Waals surface area contributed by atoms with Crippen LogP contribution in [0.15, 0.2) is 28.8 Å². The molecule has 0 bridgehead atoms. The predicted octanol–water partition coefficient (Wildman–Crippen LogP) is 2.24. The lowest BCUT2D eigenvalue weighted by molar-refractivity contribution is 0.120. The number of aromatic nitrogens is 1. The van der Waals surface area contributed by atoms with Crippen LogP contribution in [0.25, 0.3) is 5.57 Å². The second-order valence-electron chi connectivity index (χ2n) is 4.25. The van der Waals surface area contributed by atoms with Crippen LogP contribution < -0.4 is 4.90 Å². The molecule has 4 heteroatoms. The van der Waals surface area contributed by atoms with Crippen molar-refractivity contribution in [2.24, 2.45) is 0 Å². The minimum absolute atomic E-state index is 0.711. The van der Waals surface area contributed by atoms with Crippen molar-refractivity contribution in [3.63, 3.8) is 0 Å². The summed E-state index contributed by atoms with van der Waals surface area (Å²) in [5.74, 6) is 0.863. The van der Waals surface area contributed by atoms with Crippen molar-refractivity contribution in [1.29, 1.82) is 0 Å². The molecule has 0 radical (unpaired) electrons. The Hall–Kier alpha value is -1.55. The van der Waals surface area contributed by atoms with Gasteiger partial charge in [-0.3, -0.25) is 0 Å². The van der Waals surface area contributed by atoms with Crippen molar-refractivity contribution in [3.05, 3.63) is 30.2 Å². The van der Waals surface area contributed by atoms with Gasteiger partial charge in [0.25, 0.3) is 6.01 Å². The number of hydrogen-bond acceptors (Lipinski definition) is 4. The summed E-state index contributed by atoms with van der Waals surface area (Å²) in [4.78, 5) is 6.47. The third kappa shape index (κ3) is 2.26. The van der Waals surface area contributed by atoms with Gasteiger partial charge in [-0.2, -0.15) is 0 Å². The van der Waals surface area contributed by atoms with E-state index in [2.05, 4.69) is 28.1 Å². The molecule has 0 atom stereocenters. The number of allylic oxidation sites excluding steroid dienone is 4. The maximum absolute atomic E-state index is 5.80. The first-order valence-electron chi connectivity index (χ1n) is 6.09. The lowest BCUT2D eigenvalue weighted by Crippen LogP contribution is -2.36. The van der Waals surface area contributed by atoms with E-state index < -0.39 is 0 Å². The predicted molar refractivity (Wildman–Crippen MR) is 65.9 cm³/mol. The number of anilines is 1. The van der Waals surface area contributed by atoms with Crippen LogP contribution >= 0.6 is 0 Å². The van der Waals surface area contributed by atoms with E-state index in [0.29, 0.717) is 6.01 Å². The van der Waals surface area contributed by atoms with Crippen LogP contribution in [0.4, 0.5) is 6.01 Å². The number of rotatable bonds is 2. The number of hydrogen-bond donors (Lipinski definition) is 0. The molecule has 1 saturated heterocycles. The Morgan fingerprint density at radius 2 is 2.06 bits per heavy atom. The van der Waals surface area contributed by atoms with Gasteiger partial charge in [0.05, 0.1) is 19.4 Å². The van der Waals surface area contributed by atoms with E-state index >= 15 is 0 Å². The van der Waals surface area contributed by atoms with Crippen LogP contribution in [-0.2, 0) is 4.74 Å². The second-order valence-corrected chi connectivity index (χ2v) is 4.25. The zero-order chi connectivity index (χ0) is 11.5. The van der Waals surface area contributed by atoms with Gasteiger partial charge in [0.1, 0.15) is 0 Å². The Morgan fingerprint density at radius 3 is 2.82 bits per heavy atom. The Kier molecular flexibility index (Phi) is 2.96. The molecule has 0 N–H and O–H groups in total. The monoisotopic (exact) mass is 232 g/mol. The van der Waals surface area contributed by atoms with E-state index in [1.54, 1.807) is 0 Å². The number of nitrogens with zero attached hydrogens (tertiary/aromatic N) is 2. The highest BCUT2D eigenvalue weighted by atomic mass is 16.5. The van der Waals surface area contributed by atoms with Gasteiger partial charge in [0.2, 0.25) is 0 Å². The molecule has 2 heterocycles. The maximum Gasteiger partial charge on any atom is 0.297 e. The Bertz CT molecular complexity index is 442. The molecule has 1 aromatic heterocycles. The smallest absolute Gasteiger partial charge is 0.297 e. The van der Waals surface area contributed by atoms with E-state index in [1.165, 1.54) is 0 Å². The van der Waals surface area contributed by atoms with Crippen molar-refractivity contribution in [3.8, 4) is 0 Å². The van der Waals surface area contributed by atoms with Crippen LogP contribution in [0.1, 0.15) is 18.6 Å². The normalized spacial score (nSPS) is 20.5. The molecule has 0 amide bonds. The number of oxazole rings is 1. The summed E-state index contributed by atoms with van der Waals surface area (Å²) in [7, 11) is 0. The van der Waals surface area contributed by atoms with Gasteiger partial charge in [0, 0.05) is 18.7 Å². The summed E-state index contributed by atoms with van der Waals surface area (Å²) in [6.07, 6.45) is 10.5. The molecule has 17 heavy (non-hydrogen) atoms. The van der Waals surface area contributed by atoms with Crippen molar-refractivity contribution < 1.29 is 9.15 Å². The van der Waals surface area contributed by atoms with Crippen molar-refractivity contribution in [1.82, 2.24) is 4.98 Å². The molecular weight excluding hydrogens is 216 g/mol. The van der Waals surface area contributed by atoms with Gasteiger partial charge < -0.3 is 14.1 Å².